The van der Waals surface area contributed by atoms with E-state index in [0.29, 0.717) is 13.0 Å². The van der Waals surface area contributed by atoms with Crippen molar-refractivity contribution < 1.29 is 14.5 Å². The van der Waals surface area contributed by atoms with E-state index in [1.54, 1.807) is 0 Å². The van der Waals surface area contributed by atoms with Gasteiger partial charge in [0.1, 0.15) is 5.65 Å². The number of rotatable bonds is 6. The van der Waals surface area contributed by atoms with E-state index < -0.39 is 4.92 Å². The number of methoxy groups -OCH3 is 1. The summed E-state index contributed by atoms with van der Waals surface area (Å²) in [5, 5.41) is 13.8. The fourth-order valence-corrected chi connectivity index (χ4v) is 2.49. The number of amides is 1. The number of pyridine rings is 1. The summed E-state index contributed by atoms with van der Waals surface area (Å²) in [6, 6.07) is 9.83. The van der Waals surface area contributed by atoms with Crippen LogP contribution in [0.5, 0.6) is 5.75 Å². The molecule has 0 fully saturated rings. The molecule has 0 saturated carbocycles. The maximum atomic E-state index is 12.2. The second kappa shape index (κ2) is 7.00. The third-order valence-electron chi connectivity index (χ3n) is 3.72. The molecule has 0 unspecified atom stereocenters. The summed E-state index contributed by atoms with van der Waals surface area (Å²) >= 11 is 0. The van der Waals surface area contributed by atoms with Gasteiger partial charge < -0.3 is 14.5 Å². The van der Waals surface area contributed by atoms with Gasteiger partial charge >= 0.3 is 5.69 Å². The molecule has 128 valence electrons. The van der Waals surface area contributed by atoms with E-state index in [4.69, 9.17) is 4.74 Å². The molecule has 0 radical (unpaired) electrons. The van der Waals surface area contributed by atoms with Crippen molar-refractivity contribution in [2.45, 2.75) is 6.42 Å². The highest BCUT2D eigenvalue weighted by Gasteiger charge is 2.18. The summed E-state index contributed by atoms with van der Waals surface area (Å²) in [6.07, 6.45) is 4.37. The van der Waals surface area contributed by atoms with Crippen molar-refractivity contribution >= 4 is 17.2 Å². The van der Waals surface area contributed by atoms with Crippen molar-refractivity contribution in [1.82, 2.24) is 14.7 Å². The number of benzene rings is 1. The average Bonchev–Trinajstić information content (AvgIpc) is 3.03. The lowest BCUT2D eigenvalue weighted by atomic mass is 10.1. The number of hydrogen-bond donors (Lipinski definition) is 1. The number of nitrogens with one attached hydrogen (secondary N) is 1. The molecule has 1 N–H and O–H groups in total. The number of fused-ring (bicyclic) bond motifs is 1. The minimum atomic E-state index is -0.577. The van der Waals surface area contributed by atoms with Crippen LogP contribution in [0.4, 0.5) is 5.69 Å². The SMILES string of the molecule is COc1ccc(C(=O)NCCc2cn3ccccc3n2)cc1[N+](=O)[O-]. The van der Waals surface area contributed by atoms with Crippen LogP contribution in [0.25, 0.3) is 5.65 Å². The van der Waals surface area contributed by atoms with Crippen molar-refractivity contribution in [3.8, 4) is 5.75 Å². The largest absolute Gasteiger partial charge is 0.490 e. The highest BCUT2D eigenvalue weighted by Crippen LogP contribution is 2.27. The molecule has 8 heteroatoms. The van der Waals surface area contributed by atoms with Crippen LogP contribution in [0, 0.1) is 10.1 Å². The molecular formula is C17H16N4O4. The van der Waals surface area contributed by atoms with Gasteiger partial charge in [-0.15, -0.1) is 0 Å². The smallest absolute Gasteiger partial charge is 0.311 e. The number of ether oxygens (including phenoxy) is 1. The lowest BCUT2D eigenvalue weighted by Gasteiger charge is -2.06. The first-order chi connectivity index (χ1) is 12.1. The van der Waals surface area contributed by atoms with Gasteiger partial charge in [-0.2, -0.15) is 0 Å². The van der Waals surface area contributed by atoms with Gasteiger partial charge in [0.2, 0.25) is 0 Å². The quantitative estimate of drug-likeness (QED) is 0.548. The van der Waals surface area contributed by atoms with Crippen molar-refractivity contribution in [1.29, 1.82) is 0 Å². The van der Waals surface area contributed by atoms with E-state index in [9.17, 15) is 14.9 Å². The van der Waals surface area contributed by atoms with Gasteiger partial charge in [0.25, 0.3) is 5.91 Å². The molecule has 3 rings (SSSR count). The third-order valence-corrected chi connectivity index (χ3v) is 3.72. The van der Waals surface area contributed by atoms with Gasteiger partial charge in [-0.3, -0.25) is 14.9 Å². The number of nitro benzene ring substituents is 1. The molecule has 0 bridgehead atoms. The Hall–Kier alpha value is -3.42. The molecule has 0 atom stereocenters. The second-order valence-corrected chi connectivity index (χ2v) is 5.35. The molecule has 1 amide bonds. The highest BCUT2D eigenvalue weighted by molar-refractivity contribution is 5.95. The second-order valence-electron chi connectivity index (χ2n) is 5.35. The zero-order chi connectivity index (χ0) is 17.8. The lowest BCUT2D eigenvalue weighted by Crippen LogP contribution is -2.25. The Kier molecular flexibility index (Phi) is 4.60. The number of hydrogen-bond acceptors (Lipinski definition) is 5. The number of carbonyl (C=O) groups is 1. The Bertz CT molecular complexity index is 902. The highest BCUT2D eigenvalue weighted by atomic mass is 16.6. The number of nitrogens with zero attached hydrogens (tertiary/aromatic N) is 3. The van der Waals surface area contributed by atoms with E-state index in [1.165, 1.54) is 25.3 Å². The van der Waals surface area contributed by atoms with Gasteiger partial charge in [-0.05, 0) is 24.3 Å². The number of nitro groups is 1. The molecule has 0 spiro atoms. The molecular weight excluding hydrogens is 324 g/mol. The summed E-state index contributed by atoms with van der Waals surface area (Å²) in [5.41, 5.74) is 1.67. The summed E-state index contributed by atoms with van der Waals surface area (Å²) in [4.78, 5) is 27.1. The molecule has 0 aliphatic rings. The number of carbonyl (C=O) groups excluding carboxylic acids is 1. The van der Waals surface area contributed by atoms with Crippen LogP contribution in [-0.2, 0) is 6.42 Å². The fourth-order valence-electron chi connectivity index (χ4n) is 2.49. The molecule has 0 saturated heterocycles. The Balaban J connectivity index is 1.64. The van der Waals surface area contributed by atoms with Crippen LogP contribution < -0.4 is 10.1 Å². The molecule has 1 aromatic carbocycles. The van der Waals surface area contributed by atoms with Crippen molar-refractivity contribution in [3.63, 3.8) is 0 Å². The zero-order valence-corrected chi connectivity index (χ0v) is 13.5. The summed E-state index contributed by atoms with van der Waals surface area (Å²) < 4.78 is 6.83. The Morgan fingerprint density at radius 3 is 2.92 bits per heavy atom. The first-order valence-electron chi connectivity index (χ1n) is 7.61. The van der Waals surface area contributed by atoms with E-state index in [0.717, 1.165) is 11.3 Å². The standard InChI is InChI=1S/C17H16N4O4/c1-25-15-6-5-12(10-14(15)21(23)24)17(22)18-8-7-13-11-20-9-3-2-4-16(20)19-13/h2-6,9-11H,7-8H2,1H3,(H,18,22). The topological polar surface area (TPSA) is 98.8 Å². The van der Waals surface area contributed by atoms with E-state index >= 15 is 0 Å². The van der Waals surface area contributed by atoms with Gasteiger partial charge in [-0.1, -0.05) is 6.07 Å². The van der Waals surface area contributed by atoms with Gasteiger partial charge in [0.05, 0.1) is 17.7 Å². The Morgan fingerprint density at radius 1 is 1.36 bits per heavy atom. The lowest BCUT2D eigenvalue weighted by molar-refractivity contribution is -0.385. The van der Waals surface area contributed by atoms with Gasteiger partial charge in [0, 0.05) is 37.0 Å². The maximum Gasteiger partial charge on any atom is 0.311 e. The first-order valence-corrected chi connectivity index (χ1v) is 7.61. The zero-order valence-electron chi connectivity index (χ0n) is 13.5. The van der Waals surface area contributed by atoms with Crippen LogP contribution in [0.3, 0.4) is 0 Å². The van der Waals surface area contributed by atoms with Crippen LogP contribution in [0.15, 0.2) is 48.8 Å². The molecule has 25 heavy (non-hydrogen) atoms. The third kappa shape index (κ3) is 3.57. The van der Waals surface area contributed by atoms with Crippen LogP contribution >= 0.6 is 0 Å². The number of aromatic nitrogens is 2. The Morgan fingerprint density at radius 2 is 2.20 bits per heavy atom. The summed E-state index contributed by atoms with van der Waals surface area (Å²) in [6.45, 7) is 0.378. The van der Waals surface area contributed by atoms with Crippen LogP contribution in [-0.4, -0.2) is 33.9 Å². The van der Waals surface area contributed by atoms with Crippen LogP contribution in [0.1, 0.15) is 16.1 Å². The molecule has 0 aliphatic heterocycles. The number of imidazole rings is 1. The first kappa shape index (κ1) is 16.4. The van der Waals surface area contributed by atoms with Crippen molar-refractivity contribution in [2.24, 2.45) is 0 Å². The van der Waals surface area contributed by atoms with Crippen molar-refractivity contribution in [2.75, 3.05) is 13.7 Å². The maximum absolute atomic E-state index is 12.2. The molecule has 8 nitrogen and oxygen atoms in total. The van der Waals surface area contributed by atoms with Gasteiger partial charge in [0.15, 0.2) is 5.75 Å². The van der Waals surface area contributed by atoms with E-state index in [2.05, 4.69) is 10.3 Å². The van der Waals surface area contributed by atoms with Crippen molar-refractivity contribution in [3.05, 3.63) is 70.2 Å². The Labute approximate surface area is 143 Å². The molecule has 2 aromatic heterocycles. The van der Waals surface area contributed by atoms with Gasteiger partial charge in [-0.25, -0.2) is 4.98 Å². The monoisotopic (exact) mass is 340 g/mol. The fraction of sp³-hybridized carbons (Fsp3) is 0.176. The van der Waals surface area contributed by atoms with E-state index in [1.807, 2.05) is 35.0 Å². The predicted molar refractivity (Wildman–Crippen MR) is 90.9 cm³/mol. The minimum absolute atomic E-state index is 0.117. The molecule has 3 aromatic rings. The van der Waals surface area contributed by atoms with Crippen LogP contribution in [0.2, 0.25) is 0 Å². The average molecular weight is 340 g/mol. The molecule has 2 heterocycles. The van der Waals surface area contributed by atoms with E-state index in [-0.39, 0.29) is 22.9 Å². The predicted octanol–water partition coefficient (Wildman–Crippen LogP) is 2.22. The summed E-state index contributed by atoms with van der Waals surface area (Å²) in [7, 11) is 1.34. The minimum Gasteiger partial charge on any atom is -0.490 e. The normalized spacial score (nSPS) is 10.6. The molecule has 0 aliphatic carbocycles. The summed E-state index contributed by atoms with van der Waals surface area (Å²) in [5.74, 6) is -0.263.